The smallest absolute Gasteiger partial charge is 0.152 e. The number of allylic oxidation sites excluding steroid dienone is 1. The Morgan fingerprint density at radius 1 is 1.09 bits per heavy atom. The van der Waals surface area contributed by atoms with Crippen LogP contribution in [0.25, 0.3) is 10.9 Å². The van der Waals surface area contributed by atoms with Crippen LogP contribution in [0.5, 0.6) is 5.75 Å². The van der Waals surface area contributed by atoms with E-state index < -0.39 is 0 Å². The van der Waals surface area contributed by atoms with Crippen LogP contribution in [0.15, 0.2) is 67.4 Å². The van der Waals surface area contributed by atoms with Crippen LogP contribution in [0.2, 0.25) is 0 Å². The molecule has 0 radical (unpaired) electrons. The fraction of sp³-hybridized carbons (Fsp3) is 0.150. The van der Waals surface area contributed by atoms with Gasteiger partial charge in [0.2, 0.25) is 0 Å². The molecule has 3 nitrogen and oxygen atoms in total. The van der Waals surface area contributed by atoms with Gasteiger partial charge >= 0.3 is 0 Å². The molecule has 0 atom stereocenters. The Balaban J connectivity index is 1.75. The van der Waals surface area contributed by atoms with Crippen molar-refractivity contribution in [2.75, 3.05) is 6.61 Å². The topological polar surface area (TPSA) is 31.2 Å². The predicted molar refractivity (Wildman–Crippen MR) is 93.2 cm³/mol. The minimum Gasteiger partial charge on any atom is -0.491 e. The molecule has 116 valence electrons. The van der Waals surface area contributed by atoms with Gasteiger partial charge in [0.25, 0.3) is 0 Å². The van der Waals surface area contributed by atoms with Crippen LogP contribution in [0.4, 0.5) is 0 Å². The van der Waals surface area contributed by atoms with Gasteiger partial charge in [-0.25, -0.2) is 0 Å². The highest BCUT2D eigenvalue weighted by molar-refractivity contribution is 5.97. The van der Waals surface area contributed by atoms with E-state index in [0.29, 0.717) is 18.7 Å². The Hall–Kier alpha value is -2.81. The van der Waals surface area contributed by atoms with Crippen LogP contribution >= 0.6 is 0 Å². The third-order valence-corrected chi connectivity index (χ3v) is 3.87. The lowest BCUT2D eigenvalue weighted by Crippen LogP contribution is -2.08. The molecule has 0 aliphatic rings. The molecule has 0 spiro atoms. The summed E-state index contributed by atoms with van der Waals surface area (Å²) in [5, 5.41) is 0.981. The minimum atomic E-state index is 0.547. The quantitative estimate of drug-likeness (QED) is 0.482. The first-order valence-electron chi connectivity index (χ1n) is 7.68. The maximum absolute atomic E-state index is 11.2. The minimum absolute atomic E-state index is 0.547. The zero-order valence-corrected chi connectivity index (χ0v) is 12.9. The summed E-state index contributed by atoms with van der Waals surface area (Å²) in [5.41, 5.74) is 2.90. The maximum Gasteiger partial charge on any atom is 0.152 e. The molecule has 0 N–H and O–H groups in total. The summed E-state index contributed by atoms with van der Waals surface area (Å²) in [6.07, 6.45) is 5.45. The van der Waals surface area contributed by atoms with Crippen LogP contribution in [0.3, 0.4) is 0 Å². The second kappa shape index (κ2) is 6.97. The number of hydrogen-bond donors (Lipinski definition) is 0. The average Bonchev–Trinajstić information content (AvgIpc) is 2.95. The van der Waals surface area contributed by atoms with E-state index in [9.17, 15) is 4.79 Å². The fourth-order valence-corrected chi connectivity index (χ4v) is 2.78. The molecular weight excluding hydrogens is 286 g/mol. The van der Waals surface area contributed by atoms with Crippen LogP contribution < -0.4 is 4.74 Å². The number of ether oxygens (including phenoxy) is 1. The van der Waals surface area contributed by atoms with Crippen molar-refractivity contribution in [2.24, 2.45) is 0 Å². The number of benzene rings is 2. The van der Waals surface area contributed by atoms with Crippen LogP contribution in [0.1, 0.15) is 15.9 Å². The molecule has 2 aromatic carbocycles. The van der Waals surface area contributed by atoms with Crippen LogP contribution in [-0.2, 0) is 13.0 Å². The van der Waals surface area contributed by atoms with Gasteiger partial charge in [-0.3, -0.25) is 4.79 Å². The molecule has 1 aromatic heterocycles. The Morgan fingerprint density at radius 2 is 1.87 bits per heavy atom. The van der Waals surface area contributed by atoms with E-state index in [4.69, 9.17) is 4.74 Å². The van der Waals surface area contributed by atoms with Crippen molar-refractivity contribution < 1.29 is 9.53 Å². The number of hydrogen-bond acceptors (Lipinski definition) is 2. The van der Waals surface area contributed by atoms with Crippen molar-refractivity contribution in [3.63, 3.8) is 0 Å². The highest BCUT2D eigenvalue weighted by atomic mass is 16.5. The summed E-state index contributed by atoms with van der Waals surface area (Å²) < 4.78 is 7.99. The van der Waals surface area contributed by atoms with E-state index in [-0.39, 0.29) is 0 Å². The van der Waals surface area contributed by atoms with Crippen molar-refractivity contribution in [1.82, 2.24) is 4.57 Å². The Labute approximate surface area is 135 Å². The van der Waals surface area contributed by atoms with E-state index >= 15 is 0 Å². The number of aromatic nitrogens is 1. The van der Waals surface area contributed by atoms with E-state index in [0.717, 1.165) is 34.9 Å². The lowest BCUT2D eigenvalue weighted by molar-refractivity contribution is 0.112. The molecule has 0 aliphatic carbocycles. The summed E-state index contributed by atoms with van der Waals surface area (Å²) >= 11 is 0. The van der Waals surface area contributed by atoms with Gasteiger partial charge in [0, 0.05) is 22.7 Å². The lowest BCUT2D eigenvalue weighted by Gasteiger charge is -2.11. The molecule has 0 fully saturated rings. The Morgan fingerprint density at radius 3 is 2.70 bits per heavy atom. The molecule has 0 saturated heterocycles. The number of para-hydroxylation sites is 2. The second-order valence-corrected chi connectivity index (χ2v) is 5.36. The average molecular weight is 305 g/mol. The van der Waals surface area contributed by atoms with Crippen LogP contribution in [-0.4, -0.2) is 17.5 Å². The number of rotatable bonds is 7. The molecule has 23 heavy (non-hydrogen) atoms. The van der Waals surface area contributed by atoms with Gasteiger partial charge in [-0.15, -0.1) is 6.58 Å². The van der Waals surface area contributed by atoms with Crippen molar-refractivity contribution in [3.8, 4) is 5.75 Å². The SMILES string of the molecule is C=CCc1ccccc1OCCn1cc(C=O)c2ccccc21. The van der Waals surface area contributed by atoms with E-state index in [2.05, 4.69) is 11.1 Å². The summed E-state index contributed by atoms with van der Waals surface area (Å²) in [6, 6.07) is 15.9. The lowest BCUT2D eigenvalue weighted by atomic mass is 10.1. The third kappa shape index (κ3) is 3.19. The molecule has 0 aliphatic heterocycles. The molecule has 0 saturated carbocycles. The van der Waals surface area contributed by atoms with Gasteiger partial charge in [-0.2, -0.15) is 0 Å². The van der Waals surface area contributed by atoms with Gasteiger partial charge in [-0.1, -0.05) is 42.5 Å². The maximum atomic E-state index is 11.2. The zero-order chi connectivity index (χ0) is 16.1. The molecule has 3 rings (SSSR count). The number of fused-ring (bicyclic) bond motifs is 1. The summed E-state index contributed by atoms with van der Waals surface area (Å²) in [4.78, 5) is 11.2. The Bertz CT molecular complexity index is 833. The molecule has 0 bridgehead atoms. The van der Waals surface area contributed by atoms with Gasteiger partial charge < -0.3 is 9.30 Å². The molecule has 0 amide bonds. The summed E-state index contributed by atoms with van der Waals surface area (Å²) in [7, 11) is 0. The van der Waals surface area contributed by atoms with E-state index in [1.165, 1.54) is 0 Å². The van der Waals surface area contributed by atoms with Crippen molar-refractivity contribution in [1.29, 1.82) is 0 Å². The highest BCUT2D eigenvalue weighted by Gasteiger charge is 2.07. The first-order valence-corrected chi connectivity index (χ1v) is 7.68. The highest BCUT2D eigenvalue weighted by Crippen LogP contribution is 2.21. The van der Waals surface area contributed by atoms with Crippen molar-refractivity contribution in [2.45, 2.75) is 13.0 Å². The molecular formula is C20H19NO2. The van der Waals surface area contributed by atoms with E-state index in [1.807, 2.05) is 60.8 Å². The normalized spacial score (nSPS) is 10.6. The number of nitrogens with zero attached hydrogens (tertiary/aromatic N) is 1. The molecule has 0 unspecified atom stereocenters. The number of aldehydes is 1. The van der Waals surface area contributed by atoms with Gasteiger partial charge in [0.15, 0.2) is 6.29 Å². The zero-order valence-electron chi connectivity index (χ0n) is 12.9. The number of carbonyl (C=O) groups is 1. The van der Waals surface area contributed by atoms with Gasteiger partial charge in [0.1, 0.15) is 12.4 Å². The van der Waals surface area contributed by atoms with E-state index in [1.54, 1.807) is 0 Å². The largest absolute Gasteiger partial charge is 0.491 e. The second-order valence-electron chi connectivity index (χ2n) is 5.36. The predicted octanol–water partition coefficient (Wildman–Crippen LogP) is 4.26. The first kappa shape index (κ1) is 15.1. The monoisotopic (exact) mass is 305 g/mol. The molecule has 3 aromatic rings. The standard InChI is InChI=1S/C20H19NO2/c1-2-7-16-8-3-6-11-20(16)23-13-12-21-14-17(15-22)18-9-4-5-10-19(18)21/h2-6,8-11,14-15H,1,7,12-13H2. The van der Waals surface area contributed by atoms with Gasteiger partial charge in [-0.05, 0) is 24.1 Å². The number of carbonyl (C=O) groups excluding carboxylic acids is 1. The fourth-order valence-electron chi connectivity index (χ4n) is 2.78. The third-order valence-electron chi connectivity index (χ3n) is 3.87. The van der Waals surface area contributed by atoms with Gasteiger partial charge in [0.05, 0.1) is 6.54 Å². The molecule has 1 heterocycles. The van der Waals surface area contributed by atoms with Crippen LogP contribution in [0, 0.1) is 0 Å². The first-order chi connectivity index (χ1) is 11.3. The van der Waals surface area contributed by atoms with Crippen molar-refractivity contribution >= 4 is 17.2 Å². The summed E-state index contributed by atoms with van der Waals surface area (Å²) in [6.45, 7) is 5.02. The molecule has 3 heteroatoms. The summed E-state index contributed by atoms with van der Waals surface area (Å²) in [5.74, 6) is 0.888. The Kier molecular flexibility index (Phi) is 4.57. The van der Waals surface area contributed by atoms with Crippen molar-refractivity contribution in [3.05, 3.63) is 78.5 Å².